The van der Waals surface area contributed by atoms with Crippen LogP contribution in [-0.2, 0) is 4.79 Å². The first kappa shape index (κ1) is 18.2. The van der Waals surface area contributed by atoms with Gasteiger partial charge in [0.15, 0.2) is 6.10 Å². The molecule has 0 unspecified atom stereocenters. The predicted molar refractivity (Wildman–Crippen MR) is 94.7 cm³/mol. The first-order chi connectivity index (χ1) is 11.4. The van der Waals surface area contributed by atoms with Crippen molar-refractivity contribution >= 4 is 34.8 Å². The Morgan fingerprint density at radius 1 is 1.00 bits per heavy atom. The Hall–Kier alpha value is -2.11. The van der Waals surface area contributed by atoms with E-state index in [1.54, 1.807) is 43.3 Å². The van der Waals surface area contributed by atoms with Gasteiger partial charge in [0.2, 0.25) is 0 Å². The number of amides is 1. The van der Waals surface area contributed by atoms with Gasteiger partial charge in [-0.3, -0.25) is 4.79 Å². The summed E-state index contributed by atoms with van der Waals surface area (Å²) in [5.41, 5.74) is 0.463. The molecule has 2 rings (SSSR count). The molecule has 5 nitrogen and oxygen atoms in total. The van der Waals surface area contributed by atoms with Gasteiger partial charge in [0.1, 0.15) is 17.2 Å². The summed E-state index contributed by atoms with van der Waals surface area (Å²) < 4.78 is 16.0. The van der Waals surface area contributed by atoms with Crippen LogP contribution in [-0.4, -0.2) is 26.2 Å². The van der Waals surface area contributed by atoms with E-state index in [4.69, 9.17) is 37.4 Å². The molecule has 0 saturated heterocycles. The van der Waals surface area contributed by atoms with E-state index < -0.39 is 6.10 Å². The Morgan fingerprint density at radius 2 is 1.58 bits per heavy atom. The topological polar surface area (TPSA) is 56.8 Å². The van der Waals surface area contributed by atoms with Crippen LogP contribution in [0.25, 0.3) is 0 Å². The lowest BCUT2D eigenvalue weighted by atomic mass is 10.2. The summed E-state index contributed by atoms with van der Waals surface area (Å²) in [6, 6.07) is 9.87. The van der Waals surface area contributed by atoms with Crippen LogP contribution >= 0.6 is 23.2 Å². The predicted octanol–water partition coefficient (Wildman–Crippen LogP) is 4.42. The highest BCUT2D eigenvalue weighted by Gasteiger charge is 2.17. The van der Waals surface area contributed by atoms with Crippen molar-refractivity contribution in [3.8, 4) is 17.2 Å². The van der Waals surface area contributed by atoms with Crippen molar-refractivity contribution in [3.05, 3.63) is 46.4 Å². The molecular formula is C17H17Cl2NO4. The number of nitrogens with one attached hydrogen (secondary N) is 1. The van der Waals surface area contributed by atoms with Crippen molar-refractivity contribution in [1.82, 2.24) is 0 Å². The first-order valence-electron chi connectivity index (χ1n) is 7.08. The van der Waals surface area contributed by atoms with Crippen LogP contribution in [0.5, 0.6) is 17.2 Å². The molecule has 0 saturated carbocycles. The fourth-order valence-corrected chi connectivity index (χ4v) is 2.39. The SMILES string of the molecule is COc1cc(OC)cc(O[C@H](C)C(=O)Nc2ccc(Cl)cc2Cl)c1. The second-order valence-corrected chi connectivity index (χ2v) is 5.77. The average Bonchev–Trinajstić information content (AvgIpc) is 2.56. The van der Waals surface area contributed by atoms with Crippen molar-refractivity contribution in [2.24, 2.45) is 0 Å². The van der Waals surface area contributed by atoms with E-state index in [9.17, 15) is 4.79 Å². The second kappa shape index (κ2) is 8.13. The summed E-state index contributed by atoms with van der Waals surface area (Å²) in [6.07, 6.45) is -0.756. The van der Waals surface area contributed by atoms with Crippen LogP contribution in [0.1, 0.15) is 6.92 Å². The fourth-order valence-electron chi connectivity index (χ4n) is 1.93. The number of carbonyl (C=O) groups is 1. The van der Waals surface area contributed by atoms with Gasteiger partial charge < -0.3 is 19.5 Å². The van der Waals surface area contributed by atoms with Gasteiger partial charge in [-0.25, -0.2) is 0 Å². The maximum absolute atomic E-state index is 12.3. The van der Waals surface area contributed by atoms with E-state index in [2.05, 4.69) is 5.32 Å². The van der Waals surface area contributed by atoms with Crippen LogP contribution in [0.15, 0.2) is 36.4 Å². The molecule has 1 atom stereocenters. The molecule has 1 N–H and O–H groups in total. The monoisotopic (exact) mass is 369 g/mol. The quantitative estimate of drug-likeness (QED) is 0.818. The lowest BCUT2D eigenvalue weighted by Gasteiger charge is -2.16. The highest BCUT2D eigenvalue weighted by Crippen LogP contribution is 2.29. The number of rotatable bonds is 6. The summed E-state index contributed by atoms with van der Waals surface area (Å²) in [5, 5.41) is 3.54. The van der Waals surface area contributed by atoms with Gasteiger partial charge in [0.25, 0.3) is 5.91 Å². The number of halogens is 2. The summed E-state index contributed by atoms with van der Waals surface area (Å²) in [4.78, 5) is 12.3. The largest absolute Gasteiger partial charge is 0.496 e. The third kappa shape index (κ3) is 4.69. The van der Waals surface area contributed by atoms with Crippen molar-refractivity contribution < 1.29 is 19.0 Å². The number of hydrogen-bond donors (Lipinski definition) is 1. The number of methoxy groups -OCH3 is 2. The van der Waals surface area contributed by atoms with E-state index in [-0.39, 0.29) is 5.91 Å². The lowest BCUT2D eigenvalue weighted by molar-refractivity contribution is -0.122. The van der Waals surface area contributed by atoms with Crippen molar-refractivity contribution in [2.45, 2.75) is 13.0 Å². The molecule has 7 heteroatoms. The summed E-state index contributed by atoms with van der Waals surface area (Å²) in [5.74, 6) is 1.24. The van der Waals surface area contributed by atoms with Gasteiger partial charge in [0, 0.05) is 23.2 Å². The molecule has 24 heavy (non-hydrogen) atoms. The summed E-state index contributed by atoms with van der Waals surface area (Å²) >= 11 is 11.9. The van der Waals surface area contributed by atoms with Crippen LogP contribution in [0.2, 0.25) is 10.0 Å². The molecule has 128 valence electrons. The number of anilines is 1. The summed E-state index contributed by atoms with van der Waals surface area (Å²) in [7, 11) is 3.08. The molecule has 0 aliphatic rings. The van der Waals surface area contributed by atoms with Crippen molar-refractivity contribution in [3.63, 3.8) is 0 Å². The number of carbonyl (C=O) groups excluding carboxylic acids is 1. The Kier molecular flexibility index (Phi) is 6.17. The van der Waals surface area contributed by atoms with Crippen LogP contribution in [0.3, 0.4) is 0 Å². The third-order valence-corrected chi connectivity index (χ3v) is 3.74. The molecule has 2 aromatic rings. The zero-order valence-corrected chi connectivity index (χ0v) is 14.9. The normalized spacial score (nSPS) is 11.5. The molecular weight excluding hydrogens is 353 g/mol. The van der Waals surface area contributed by atoms with Crippen molar-refractivity contribution in [1.29, 1.82) is 0 Å². The van der Waals surface area contributed by atoms with Gasteiger partial charge >= 0.3 is 0 Å². The highest BCUT2D eigenvalue weighted by atomic mass is 35.5. The van der Waals surface area contributed by atoms with E-state index in [1.807, 2.05) is 0 Å². The zero-order chi connectivity index (χ0) is 17.7. The lowest BCUT2D eigenvalue weighted by Crippen LogP contribution is -2.30. The smallest absolute Gasteiger partial charge is 0.265 e. The fraction of sp³-hybridized carbons (Fsp3) is 0.235. The summed E-state index contributed by atoms with van der Waals surface area (Å²) in [6.45, 7) is 1.63. The molecule has 2 aromatic carbocycles. The maximum Gasteiger partial charge on any atom is 0.265 e. The maximum atomic E-state index is 12.3. The number of benzene rings is 2. The molecule has 0 heterocycles. The Labute approximate surface area is 150 Å². The van der Waals surface area contributed by atoms with Gasteiger partial charge in [0.05, 0.1) is 24.9 Å². The molecule has 0 radical (unpaired) electrons. The molecule has 0 fully saturated rings. The van der Waals surface area contributed by atoms with E-state index in [0.717, 1.165) is 0 Å². The van der Waals surface area contributed by atoms with Gasteiger partial charge in [-0.05, 0) is 25.1 Å². The number of hydrogen-bond acceptors (Lipinski definition) is 4. The minimum atomic E-state index is -0.756. The molecule has 0 spiro atoms. The Morgan fingerprint density at radius 3 is 2.12 bits per heavy atom. The standard InChI is InChI=1S/C17H17Cl2NO4/c1-10(17(21)20-16-5-4-11(18)6-15(16)19)24-14-8-12(22-2)7-13(9-14)23-3/h4-10H,1-3H3,(H,20,21)/t10-/m1/s1. The van der Waals surface area contributed by atoms with Gasteiger partial charge in [-0.15, -0.1) is 0 Å². The molecule has 0 aromatic heterocycles. The zero-order valence-electron chi connectivity index (χ0n) is 13.4. The molecule has 0 aliphatic heterocycles. The first-order valence-corrected chi connectivity index (χ1v) is 7.84. The van der Waals surface area contributed by atoms with E-state index in [0.29, 0.717) is 33.0 Å². The average molecular weight is 370 g/mol. The molecule has 1 amide bonds. The third-order valence-electron chi connectivity index (χ3n) is 3.20. The minimum Gasteiger partial charge on any atom is -0.496 e. The molecule has 0 bridgehead atoms. The Balaban J connectivity index is 2.08. The minimum absolute atomic E-state index is 0.346. The van der Waals surface area contributed by atoms with Crippen LogP contribution in [0, 0.1) is 0 Å². The van der Waals surface area contributed by atoms with Gasteiger partial charge in [-0.1, -0.05) is 23.2 Å². The molecule has 0 aliphatic carbocycles. The van der Waals surface area contributed by atoms with Gasteiger partial charge in [-0.2, -0.15) is 0 Å². The highest BCUT2D eigenvalue weighted by molar-refractivity contribution is 6.36. The second-order valence-electron chi connectivity index (χ2n) is 4.92. The van der Waals surface area contributed by atoms with E-state index in [1.165, 1.54) is 14.2 Å². The van der Waals surface area contributed by atoms with Crippen LogP contribution in [0.4, 0.5) is 5.69 Å². The Bertz CT molecular complexity index is 714. The van der Waals surface area contributed by atoms with Crippen molar-refractivity contribution in [2.75, 3.05) is 19.5 Å². The van der Waals surface area contributed by atoms with E-state index >= 15 is 0 Å². The van der Waals surface area contributed by atoms with Crippen LogP contribution < -0.4 is 19.5 Å². The number of ether oxygens (including phenoxy) is 3.